The highest BCUT2D eigenvalue weighted by Gasteiger charge is 2.70. The largest absolute Gasteiger partial charge is 0.438 e. The molecule has 0 spiro atoms. The van der Waals surface area contributed by atoms with E-state index in [1.165, 1.54) is 5.92 Å². The van der Waals surface area contributed by atoms with Crippen molar-refractivity contribution in [2.45, 2.75) is 37.4 Å². The van der Waals surface area contributed by atoms with Crippen molar-refractivity contribution >= 4 is 0 Å². The summed E-state index contributed by atoms with van der Waals surface area (Å²) in [5, 5.41) is 17.4. The third kappa shape index (κ3) is 3.28. The van der Waals surface area contributed by atoms with E-state index < -0.39 is 23.6 Å². The molecule has 8 heteroatoms. The van der Waals surface area contributed by atoms with Gasteiger partial charge in [-0.15, -0.1) is 0 Å². The highest BCUT2D eigenvalue weighted by atomic mass is 19.4. The van der Waals surface area contributed by atoms with Crippen LogP contribution in [0.1, 0.15) is 13.8 Å². The average Bonchev–Trinajstić information content (AvgIpc) is 1.93. The summed E-state index contributed by atoms with van der Waals surface area (Å²) >= 11 is 0. The summed E-state index contributed by atoms with van der Waals surface area (Å²) in [6, 6.07) is 0. The first kappa shape index (κ1) is 15.1. The highest BCUT2D eigenvalue weighted by Crippen LogP contribution is 2.42. The molecule has 0 saturated heterocycles. The van der Waals surface area contributed by atoms with E-state index in [9.17, 15) is 26.3 Å². The van der Waals surface area contributed by atoms with Crippen LogP contribution in [0.2, 0.25) is 0 Å². The normalized spacial score (nSPS) is 14.4. The molecule has 0 bridgehead atoms. The van der Waals surface area contributed by atoms with Crippen LogP contribution in [-0.2, 0) is 0 Å². The fourth-order valence-corrected chi connectivity index (χ4v) is 0.546. The molecule has 0 aromatic carbocycles. The smallest absolute Gasteiger partial charge is 0.378 e. The van der Waals surface area contributed by atoms with E-state index in [-0.39, 0.29) is 0 Å². The summed E-state index contributed by atoms with van der Waals surface area (Å²) in [7, 11) is 0. The number of halogens is 6. The molecule has 0 atom stereocenters. The van der Waals surface area contributed by atoms with Crippen LogP contribution in [0.4, 0.5) is 26.3 Å². The lowest BCUT2D eigenvalue weighted by Crippen LogP contribution is -2.56. The van der Waals surface area contributed by atoms with E-state index in [1.807, 2.05) is 0 Å². The molecule has 0 saturated carbocycles. The fraction of sp³-hybridized carbons (Fsp3) is 0.750. The SMILES string of the molecule is CC(C)(O)C#CC(O)(C(F)(F)F)C(F)(F)F. The topological polar surface area (TPSA) is 40.5 Å². The van der Waals surface area contributed by atoms with Gasteiger partial charge in [-0.1, -0.05) is 5.92 Å². The zero-order valence-electron chi connectivity index (χ0n) is 8.16. The van der Waals surface area contributed by atoms with Crippen molar-refractivity contribution in [3.63, 3.8) is 0 Å². The molecule has 2 N–H and O–H groups in total. The van der Waals surface area contributed by atoms with Gasteiger partial charge in [0.25, 0.3) is 0 Å². The van der Waals surface area contributed by atoms with Crippen molar-refractivity contribution in [2.24, 2.45) is 0 Å². The lowest BCUT2D eigenvalue weighted by molar-refractivity contribution is -0.343. The molecule has 0 aliphatic rings. The lowest BCUT2D eigenvalue weighted by atomic mass is 10.0. The number of hydrogen-bond acceptors (Lipinski definition) is 2. The molecule has 0 unspecified atom stereocenters. The van der Waals surface area contributed by atoms with Crippen LogP contribution in [0.5, 0.6) is 0 Å². The lowest BCUT2D eigenvalue weighted by Gasteiger charge is -2.27. The van der Waals surface area contributed by atoms with E-state index in [1.54, 1.807) is 0 Å². The molecule has 0 radical (unpaired) electrons. The van der Waals surface area contributed by atoms with Gasteiger partial charge in [-0.25, -0.2) is 0 Å². The molecular weight excluding hydrogens is 242 g/mol. The van der Waals surface area contributed by atoms with Gasteiger partial charge in [0, 0.05) is 0 Å². The van der Waals surface area contributed by atoms with Crippen molar-refractivity contribution in [3.8, 4) is 11.8 Å². The maximum Gasteiger partial charge on any atom is 0.438 e. The fourth-order valence-electron chi connectivity index (χ4n) is 0.546. The van der Waals surface area contributed by atoms with Gasteiger partial charge in [0.15, 0.2) is 0 Å². The minimum Gasteiger partial charge on any atom is -0.378 e. The van der Waals surface area contributed by atoms with Gasteiger partial charge < -0.3 is 10.2 Å². The number of hydrogen-bond donors (Lipinski definition) is 2. The highest BCUT2D eigenvalue weighted by molar-refractivity contribution is 5.24. The minimum atomic E-state index is -6.00. The minimum absolute atomic E-state index is 0.622. The molecule has 0 amide bonds. The molecule has 0 fully saturated rings. The molecule has 0 rings (SSSR count). The standard InChI is InChI=1S/C8H8F6O2/c1-5(2,15)3-4-6(16,7(9,10)11)8(12,13)14/h15-16H,1-2H3. The van der Waals surface area contributed by atoms with Crippen LogP contribution >= 0.6 is 0 Å². The van der Waals surface area contributed by atoms with E-state index in [4.69, 9.17) is 10.2 Å². The Bertz CT molecular complexity index is 297. The van der Waals surface area contributed by atoms with Gasteiger partial charge in [-0.3, -0.25) is 0 Å². The van der Waals surface area contributed by atoms with E-state index >= 15 is 0 Å². The van der Waals surface area contributed by atoms with E-state index in [0.29, 0.717) is 5.92 Å². The second-order valence-electron chi connectivity index (χ2n) is 3.51. The Morgan fingerprint density at radius 2 is 1.06 bits per heavy atom. The predicted molar refractivity (Wildman–Crippen MR) is 41.1 cm³/mol. The maximum absolute atomic E-state index is 12.0. The quantitative estimate of drug-likeness (QED) is 0.506. The Labute approximate surface area is 86.9 Å². The molecule has 0 aliphatic carbocycles. The van der Waals surface area contributed by atoms with Crippen LogP contribution in [0.25, 0.3) is 0 Å². The Hall–Kier alpha value is -0.940. The van der Waals surface area contributed by atoms with Crippen LogP contribution in [0.15, 0.2) is 0 Å². The molecule has 0 heterocycles. The molecule has 0 aliphatic heterocycles. The van der Waals surface area contributed by atoms with E-state index in [2.05, 4.69) is 0 Å². The number of aliphatic hydroxyl groups is 2. The summed E-state index contributed by atoms with van der Waals surface area (Å²) < 4.78 is 72.1. The van der Waals surface area contributed by atoms with Gasteiger partial charge in [-0.05, 0) is 19.8 Å². The van der Waals surface area contributed by atoms with Gasteiger partial charge in [0.1, 0.15) is 5.60 Å². The first-order valence-corrected chi connectivity index (χ1v) is 3.83. The molecule has 94 valence electrons. The summed E-state index contributed by atoms with van der Waals surface area (Å²) in [6.45, 7) is 1.76. The van der Waals surface area contributed by atoms with Crippen molar-refractivity contribution in [3.05, 3.63) is 0 Å². The summed E-state index contributed by atoms with van der Waals surface area (Å²) in [5.74, 6) is 1.91. The second-order valence-corrected chi connectivity index (χ2v) is 3.51. The third-order valence-electron chi connectivity index (χ3n) is 1.37. The van der Waals surface area contributed by atoms with Gasteiger partial charge >= 0.3 is 18.0 Å². The summed E-state index contributed by atoms with van der Waals surface area (Å²) in [4.78, 5) is 0. The average molecular weight is 250 g/mol. The Kier molecular flexibility index (Phi) is 3.59. The molecule has 0 aromatic rings. The Morgan fingerprint density at radius 1 is 0.750 bits per heavy atom. The number of rotatable bonds is 0. The van der Waals surface area contributed by atoms with Gasteiger partial charge in [0.05, 0.1) is 0 Å². The van der Waals surface area contributed by atoms with Crippen molar-refractivity contribution in [1.29, 1.82) is 0 Å². The van der Waals surface area contributed by atoms with E-state index in [0.717, 1.165) is 13.8 Å². The first-order chi connectivity index (χ1) is 6.71. The zero-order chi connectivity index (χ0) is 13.4. The van der Waals surface area contributed by atoms with Gasteiger partial charge in [-0.2, -0.15) is 26.3 Å². The van der Waals surface area contributed by atoms with Crippen molar-refractivity contribution in [1.82, 2.24) is 0 Å². The summed E-state index contributed by atoms with van der Waals surface area (Å²) in [6.07, 6.45) is -12.0. The van der Waals surface area contributed by atoms with Crippen molar-refractivity contribution in [2.75, 3.05) is 0 Å². The first-order valence-electron chi connectivity index (χ1n) is 3.83. The van der Waals surface area contributed by atoms with Crippen molar-refractivity contribution < 1.29 is 36.6 Å². The molecule has 0 aromatic heterocycles. The Balaban J connectivity index is 5.54. The summed E-state index contributed by atoms with van der Waals surface area (Å²) in [5.41, 5.74) is -7.22. The van der Waals surface area contributed by atoms with Crippen LogP contribution in [0.3, 0.4) is 0 Å². The molecular formula is C8H8F6O2. The second kappa shape index (κ2) is 3.82. The monoisotopic (exact) mass is 250 g/mol. The number of alkyl halides is 6. The van der Waals surface area contributed by atoms with Crippen LogP contribution in [0, 0.1) is 11.8 Å². The Morgan fingerprint density at radius 3 is 1.25 bits per heavy atom. The third-order valence-corrected chi connectivity index (χ3v) is 1.37. The van der Waals surface area contributed by atoms with Crippen LogP contribution in [-0.4, -0.2) is 33.8 Å². The van der Waals surface area contributed by atoms with Gasteiger partial charge in [0.2, 0.25) is 0 Å². The molecule has 16 heavy (non-hydrogen) atoms. The molecule has 2 nitrogen and oxygen atoms in total. The van der Waals surface area contributed by atoms with Crippen LogP contribution < -0.4 is 0 Å². The maximum atomic E-state index is 12.0. The predicted octanol–water partition coefficient (Wildman–Crippen LogP) is 1.62. The zero-order valence-corrected chi connectivity index (χ0v) is 8.16.